The van der Waals surface area contributed by atoms with Crippen molar-refractivity contribution in [1.82, 2.24) is 19.9 Å². The van der Waals surface area contributed by atoms with Crippen molar-refractivity contribution in [3.05, 3.63) is 83.1 Å². The van der Waals surface area contributed by atoms with Crippen LogP contribution in [0.25, 0.3) is 16.8 Å². The van der Waals surface area contributed by atoms with Gasteiger partial charge in [-0.2, -0.15) is 13.8 Å². The zero-order chi connectivity index (χ0) is 26.9. The third-order valence-electron chi connectivity index (χ3n) is 5.35. The molecule has 0 atom stereocenters. The van der Waals surface area contributed by atoms with Crippen molar-refractivity contribution in [2.45, 2.75) is 12.8 Å². The Morgan fingerprint density at radius 3 is 2.43 bits per heavy atom. The minimum absolute atomic E-state index is 0.0526. The van der Waals surface area contributed by atoms with E-state index in [2.05, 4.69) is 10.1 Å². The monoisotopic (exact) mass is 515 g/mol. The molecule has 0 unspecified atom stereocenters. The number of nitrogens with one attached hydrogen (secondary N) is 2. The second-order valence-corrected chi connectivity index (χ2v) is 7.93. The predicted molar refractivity (Wildman–Crippen MR) is 123 cm³/mol. The van der Waals surface area contributed by atoms with Gasteiger partial charge in [0.15, 0.2) is 5.65 Å². The van der Waals surface area contributed by atoms with Crippen molar-refractivity contribution < 1.29 is 37.1 Å². The van der Waals surface area contributed by atoms with E-state index >= 15 is 4.39 Å². The number of anilines is 1. The third kappa shape index (κ3) is 5.24. The fourth-order valence-corrected chi connectivity index (χ4v) is 3.54. The summed E-state index contributed by atoms with van der Waals surface area (Å²) in [5.74, 6) is -8.74. The Labute approximate surface area is 205 Å². The van der Waals surface area contributed by atoms with Crippen LogP contribution in [0.4, 0.5) is 28.3 Å². The quantitative estimate of drug-likeness (QED) is 0.249. The molecule has 0 spiro atoms. The molecule has 2 aromatic carbocycles. The van der Waals surface area contributed by atoms with Gasteiger partial charge in [-0.1, -0.05) is 12.1 Å². The van der Waals surface area contributed by atoms with Crippen LogP contribution >= 0.6 is 0 Å². The minimum atomic E-state index is -4.03. The molecule has 0 radical (unpaired) electrons. The van der Waals surface area contributed by atoms with Crippen LogP contribution in [0.5, 0.6) is 0 Å². The molecule has 9 nitrogen and oxygen atoms in total. The molecule has 0 fully saturated rings. The van der Waals surface area contributed by atoms with Crippen molar-refractivity contribution in [2.24, 2.45) is 0 Å². The third-order valence-corrected chi connectivity index (χ3v) is 5.35. The molecule has 0 aliphatic carbocycles. The fourth-order valence-electron chi connectivity index (χ4n) is 3.54. The molecule has 4 aromatic rings. The first-order valence-electron chi connectivity index (χ1n) is 10.6. The molecule has 2 amide bonds. The van der Waals surface area contributed by atoms with E-state index in [9.17, 15) is 27.6 Å². The predicted octanol–water partition coefficient (Wildman–Crippen LogP) is 4.32. The highest BCUT2D eigenvalue weighted by atomic mass is 19.3. The number of amides is 2. The number of aryl methyl sites for hydroxylation is 1. The largest absolute Gasteiger partial charge is 0.465 e. The molecule has 0 saturated heterocycles. The molecule has 0 saturated carbocycles. The standard InChI is InChI=1S/C24H17F4N5O4/c1-12-2-7-16(14-8-9-33-17(10-14)30-22(32-33)31-23(36)37)19(26)18(12)21(35)29-11-24(27,28)20(34)13-3-5-15(25)6-4-13/h2-10H,11H2,1H3,(H,29,35)(H,31,32)(H,36,37). The van der Waals surface area contributed by atoms with Gasteiger partial charge in [0.2, 0.25) is 5.78 Å². The molecule has 2 aromatic heterocycles. The van der Waals surface area contributed by atoms with Gasteiger partial charge in [0.05, 0.1) is 12.1 Å². The Balaban J connectivity index is 1.57. The number of rotatable bonds is 7. The van der Waals surface area contributed by atoms with E-state index < -0.39 is 53.0 Å². The molecule has 0 aliphatic heterocycles. The highest BCUT2D eigenvalue weighted by molar-refractivity contribution is 6.02. The summed E-state index contributed by atoms with van der Waals surface area (Å²) in [7, 11) is 0. The Bertz CT molecular complexity index is 1540. The second kappa shape index (κ2) is 9.68. The number of benzene rings is 2. The molecule has 37 heavy (non-hydrogen) atoms. The van der Waals surface area contributed by atoms with Gasteiger partial charge >= 0.3 is 12.0 Å². The number of fused-ring (bicyclic) bond motifs is 1. The summed E-state index contributed by atoms with van der Waals surface area (Å²) in [5, 5.41) is 16.6. The van der Waals surface area contributed by atoms with Gasteiger partial charge in [0.25, 0.3) is 11.9 Å². The van der Waals surface area contributed by atoms with Gasteiger partial charge in [-0.05, 0) is 54.4 Å². The SMILES string of the molecule is Cc1ccc(-c2ccn3nc(NC(=O)O)nc3c2)c(F)c1C(=O)NCC(F)(F)C(=O)c1ccc(F)cc1. The lowest BCUT2D eigenvalue weighted by atomic mass is 9.98. The average Bonchev–Trinajstić information content (AvgIpc) is 3.23. The van der Waals surface area contributed by atoms with Crippen LogP contribution < -0.4 is 10.6 Å². The van der Waals surface area contributed by atoms with Crippen LogP contribution in [0.1, 0.15) is 26.3 Å². The first-order valence-corrected chi connectivity index (χ1v) is 10.6. The molecule has 13 heteroatoms. The van der Waals surface area contributed by atoms with Crippen molar-refractivity contribution in [2.75, 3.05) is 11.9 Å². The first kappa shape index (κ1) is 25.3. The fraction of sp³-hybridized carbons (Fsp3) is 0.125. The second-order valence-electron chi connectivity index (χ2n) is 7.93. The lowest BCUT2D eigenvalue weighted by Crippen LogP contribution is -2.42. The number of pyridine rings is 1. The maximum absolute atomic E-state index is 15.4. The van der Waals surface area contributed by atoms with E-state index in [1.54, 1.807) is 0 Å². The first-order chi connectivity index (χ1) is 17.5. The number of nitrogens with zero attached hydrogens (tertiary/aromatic N) is 3. The summed E-state index contributed by atoms with van der Waals surface area (Å²) in [6.45, 7) is 0.00532. The van der Waals surface area contributed by atoms with Crippen LogP contribution in [0.2, 0.25) is 0 Å². The van der Waals surface area contributed by atoms with Gasteiger partial charge < -0.3 is 10.4 Å². The molecular formula is C24H17F4N5O4. The molecule has 4 rings (SSSR count). The average molecular weight is 515 g/mol. The van der Waals surface area contributed by atoms with Gasteiger partial charge in [0, 0.05) is 17.3 Å². The Kier molecular flexibility index (Phi) is 6.62. The summed E-state index contributed by atoms with van der Waals surface area (Å²) in [6, 6.07) is 9.13. The number of alkyl halides is 2. The molecule has 3 N–H and O–H groups in total. The number of hydrogen-bond acceptors (Lipinski definition) is 5. The number of ketones is 1. The van der Waals surface area contributed by atoms with E-state index in [0.717, 1.165) is 24.3 Å². The zero-order valence-corrected chi connectivity index (χ0v) is 18.9. The van der Waals surface area contributed by atoms with E-state index in [1.165, 1.54) is 41.9 Å². The zero-order valence-electron chi connectivity index (χ0n) is 18.9. The van der Waals surface area contributed by atoms with Gasteiger partial charge in [-0.3, -0.25) is 14.9 Å². The smallest absolute Gasteiger partial charge is 0.411 e. The van der Waals surface area contributed by atoms with Crippen LogP contribution in [0, 0.1) is 18.6 Å². The number of carbonyl (C=O) groups is 3. The maximum atomic E-state index is 15.4. The maximum Gasteiger partial charge on any atom is 0.411 e. The number of halogens is 4. The van der Waals surface area contributed by atoms with Crippen molar-refractivity contribution >= 4 is 29.4 Å². The summed E-state index contributed by atoms with van der Waals surface area (Å²) in [4.78, 5) is 39.6. The normalized spacial score (nSPS) is 11.4. The van der Waals surface area contributed by atoms with Gasteiger partial charge in [-0.25, -0.2) is 18.1 Å². The summed E-state index contributed by atoms with van der Waals surface area (Å²) < 4.78 is 58.6. The summed E-state index contributed by atoms with van der Waals surface area (Å²) in [6.07, 6.45) is 0.0204. The minimum Gasteiger partial charge on any atom is -0.465 e. The molecule has 0 aliphatic rings. The lowest BCUT2D eigenvalue weighted by molar-refractivity contribution is 0.0111. The highest BCUT2D eigenvalue weighted by Gasteiger charge is 2.40. The molecule has 190 valence electrons. The van der Waals surface area contributed by atoms with E-state index in [0.29, 0.717) is 0 Å². The number of Topliss-reactive ketones (excluding diaryl/α,β-unsaturated/α-hetero) is 1. The number of aromatic nitrogens is 3. The lowest BCUT2D eigenvalue weighted by Gasteiger charge is -2.17. The van der Waals surface area contributed by atoms with Crippen LogP contribution in [-0.4, -0.2) is 50.0 Å². The highest BCUT2D eigenvalue weighted by Crippen LogP contribution is 2.28. The topological polar surface area (TPSA) is 126 Å². The number of carbonyl (C=O) groups excluding carboxylic acids is 2. The van der Waals surface area contributed by atoms with E-state index in [4.69, 9.17) is 5.11 Å². The van der Waals surface area contributed by atoms with Crippen molar-refractivity contribution in [3.8, 4) is 11.1 Å². The Morgan fingerprint density at radius 1 is 1.05 bits per heavy atom. The van der Waals surface area contributed by atoms with E-state index in [1.807, 2.05) is 10.6 Å². The number of carboxylic acid groups (broad SMARTS) is 1. The van der Waals surface area contributed by atoms with Crippen molar-refractivity contribution in [3.63, 3.8) is 0 Å². The number of hydrogen-bond donors (Lipinski definition) is 3. The van der Waals surface area contributed by atoms with Gasteiger partial charge in [0.1, 0.15) is 11.6 Å². The summed E-state index contributed by atoms with van der Waals surface area (Å²) >= 11 is 0. The van der Waals surface area contributed by atoms with Crippen LogP contribution in [0.15, 0.2) is 54.7 Å². The molecule has 2 heterocycles. The van der Waals surface area contributed by atoms with Gasteiger partial charge in [-0.15, -0.1) is 5.10 Å². The van der Waals surface area contributed by atoms with Crippen molar-refractivity contribution in [1.29, 1.82) is 0 Å². The van der Waals surface area contributed by atoms with Crippen LogP contribution in [-0.2, 0) is 0 Å². The Morgan fingerprint density at radius 2 is 1.76 bits per heavy atom. The molecule has 0 bridgehead atoms. The van der Waals surface area contributed by atoms with E-state index in [-0.39, 0.29) is 28.3 Å². The Hall–Kier alpha value is -4.81. The summed E-state index contributed by atoms with van der Waals surface area (Å²) in [5.41, 5.74) is -0.421. The van der Waals surface area contributed by atoms with Crippen LogP contribution in [0.3, 0.4) is 0 Å². The molecular weight excluding hydrogens is 498 g/mol.